The van der Waals surface area contributed by atoms with Crippen molar-refractivity contribution in [3.63, 3.8) is 0 Å². The van der Waals surface area contributed by atoms with Crippen LogP contribution in [0.4, 0.5) is 15.8 Å². The summed E-state index contributed by atoms with van der Waals surface area (Å²) in [7, 11) is 1.91. The van der Waals surface area contributed by atoms with Crippen molar-refractivity contribution < 1.29 is 18.4 Å². The van der Waals surface area contributed by atoms with Gasteiger partial charge in [-0.2, -0.15) is 0 Å². The molecule has 13 heteroatoms. The maximum atomic E-state index is 15.1. The highest BCUT2D eigenvalue weighted by atomic mass is 79.9. The number of piperidine rings is 1. The second-order valence-corrected chi connectivity index (χ2v) is 12.7. The number of hydrogen-bond donors (Lipinski definition) is 1. The van der Waals surface area contributed by atoms with E-state index < -0.39 is 17.8 Å². The summed E-state index contributed by atoms with van der Waals surface area (Å²) in [6.45, 7) is 0.601. The Balaban J connectivity index is 1.12. The first-order valence-electron chi connectivity index (χ1n) is 14.6. The number of nitrogens with zero attached hydrogens (tertiary/aromatic N) is 6. The molecule has 3 aromatic carbocycles. The number of carbonyl (C=O) groups excluding carboxylic acids is 2. The molecular weight excluding hydrogens is 673 g/mol. The van der Waals surface area contributed by atoms with Crippen molar-refractivity contribution >= 4 is 61.9 Å². The van der Waals surface area contributed by atoms with E-state index in [2.05, 4.69) is 36.5 Å². The zero-order valence-corrected chi connectivity index (χ0v) is 27.0. The van der Waals surface area contributed by atoms with Crippen molar-refractivity contribution in [1.29, 1.82) is 0 Å². The lowest BCUT2D eigenvalue weighted by atomic mass is 10.0. The maximum absolute atomic E-state index is 15.1. The van der Waals surface area contributed by atoms with Gasteiger partial charge in [-0.15, -0.1) is 5.10 Å². The summed E-state index contributed by atoms with van der Waals surface area (Å²) in [5, 5.41) is 12.9. The predicted octanol–water partition coefficient (Wildman–Crippen LogP) is 7.24. The van der Waals surface area contributed by atoms with Crippen LogP contribution in [0.15, 0.2) is 99.4 Å². The van der Waals surface area contributed by atoms with Gasteiger partial charge in [-0.25, -0.2) is 14.1 Å². The van der Waals surface area contributed by atoms with Gasteiger partial charge in [-0.3, -0.25) is 9.59 Å². The van der Waals surface area contributed by atoms with Crippen LogP contribution in [0.5, 0.6) is 0 Å². The fourth-order valence-corrected chi connectivity index (χ4v) is 6.80. The number of benzene rings is 3. The monoisotopic (exact) mass is 699 g/mol. The molecule has 0 saturated carbocycles. The zero-order valence-electron chi connectivity index (χ0n) is 24.6. The number of aryl methyl sites for hydroxylation is 1. The van der Waals surface area contributed by atoms with Gasteiger partial charge in [-0.05, 0) is 61.4 Å². The molecule has 2 amide bonds. The highest BCUT2D eigenvalue weighted by Crippen LogP contribution is 2.33. The molecule has 7 rings (SSSR count). The molecule has 1 fully saturated rings. The average molecular weight is 701 g/mol. The van der Waals surface area contributed by atoms with E-state index in [1.54, 1.807) is 17.3 Å². The second kappa shape index (κ2) is 12.6. The van der Waals surface area contributed by atoms with Crippen LogP contribution in [0.2, 0.25) is 0 Å². The third-order valence-electron chi connectivity index (χ3n) is 7.91. The summed E-state index contributed by atoms with van der Waals surface area (Å²) in [4.78, 5) is 33.1. The Morgan fingerprint density at radius 2 is 1.98 bits per heavy atom. The van der Waals surface area contributed by atoms with Crippen LogP contribution < -0.4 is 10.2 Å². The van der Waals surface area contributed by atoms with E-state index >= 15 is 4.39 Å². The van der Waals surface area contributed by atoms with E-state index in [4.69, 9.17) is 4.42 Å². The average Bonchev–Trinajstić information content (AvgIpc) is 3.80. The number of furan rings is 1. The van der Waals surface area contributed by atoms with Crippen LogP contribution in [-0.4, -0.2) is 42.9 Å². The Bertz CT molecular complexity index is 2070. The molecule has 1 unspecified atom stereocenters. The fraction of sp³-hybridized carbons (Fsp3) is 0.182. The first-order valence-corrected chi connectivity index (χ1v) is 16.3. The number of carbonyl (C=O) groups is 2. The topological polar surface area (TPSA) is 111 Å². The van der Waals surface area contributed by atoms with Gasteiger partial charge < -0.3 is 19.2 Å². The molecule has 0 bridgehead atoms. The number of aromatic nitrogens is 5. The third-order valence-corrected chi connectivity index (χ3v) is 9.52. The van der Waals surface area contributed by atoms with Crippen molar-refractivity contribution in [2.24, 2.45) is 7.05 Å². The molecule has 1 atom stereocenters. The van der Waals surface area contributed by atoms with Gasteiger partial charge >= 0.3 is 0 Å². The maximum Gasteiger partial charge on any atom is 0.291 e. The van der Waals surface area contributed by atoms with Crippen LogP contribution in [0.25, 0.3) is 22.2 Å². The molecule has 1 aliphatic rings. The van der Waals surface area contributed by atoms with E-state index in [1.807, 2.05) is 66.3 Å². The Labute approximate surface area is 275 Å². The number of hydrogen-bond acceptors (Lipinski definition) is 7. The minimum absolute atomic E-state index is 0.103. The smallest absolute Gasteiger partial charge is 0.291 e. The van der Waals surface area contributed by atoms with E-state index in [9.17, 15) is 9.59 Å². The summed E-state index contributed by atoms with van der Waals surface area (Å²) in [5.74, 6) is -0.470. The lowest BCUT2D eigenvalue weighted by molar-refractivity contribution is -0.123. The molecule has 46 heavy (non-hydrogen) atoms. The summed E-state index contributed by atoms with van der Waals surface area (Å²) >= 11 is 4.93. The number of para-hydroxylation sites is 1. The summed E-state index contributed by atoms with van der Waals surface area (Å²) in [5.41, 5.74) is 2.88. The second-order valence-electron chi connectivity index (χ2n) is 10.9. The van der Waals surface area contributed by atoms with Crippen molar-refractivity contribution in [3.05, 3.63) is 107 Å². The van der Waals surface area contributed by atoms with Crippen LogP contribution in [0.3, 0.4) is 0 Å². The lowest BCUT2D eigenvalue weighted by Gasteiger charge is -2.32. The molecule has 0 radical (unpaired) electrons. The Hall–Kier alpha value is -4.75. The molecular formula is C33H27BrFN7O3S. The third kappa shape index (κ3) is 5.83. The molecule has 6 aromatic rings. The molecule has 1 N–H and O–H groups in total. The van der Waals surface area contributed by atoms with E-state index in [0.717, 1.165) is 32.7 Å². The minimum atomic E-state index is -0.570. The number of imidazole rings is 1. The zero-order chi connectivity index (χ0) is 31.8. The minimum Gasteiger partial charge on any atom is -0.451 e. The molecule has 1 saturated heterocycles. The van der Waals surface area contributed by atoms with Crippen molar-refractivity contribution in [2.75, 3.05) is 16.8 Å². The highest BCUT2D eigenvalue weighted by molar-refractivity contribution is 9.10. The van der Waals surface area contributed by atoms with Gasteiger partial charge in [0.15, 0.2) is 10.9 Å². The van der Waals surface area contributed by atoms with Gasteiger partial charge in [0, 0.05) is 64.1 Å². The Morgan fingerprint density at radius 3 is 2.78 bits per heavy atom. The molecule has 0 spiro atoms. The van der Waals surface area contributed by atoms with Crippen LogP contribution in [0.1, 0.15) is 35.0 Å². The first kappa shape index (κ1) is 29.9. The van der Waals surface area contributed by atoms with Crippen LogP contribution in [0, 0.1) is 5.82 Å². The molecule has 0 aliphatic carbocycles. The Morgan fingerprint density at radius 1 is 1.15 bits per heavy atom. The highest BCUT2D eigenvalue weighted by Gasteiger charge is 2.32. The number of nitrogens with one attached hydrogen (secondary N) is 1. The normalized spacial score (nSPS) is 15.1. The Kier molecular flexibility index (Phi) is 8.18. The van der Waals surface area contributed by atoms with Crippen molar-refractivity contribution in [1.82, 2.24) is 24.5 Å². The van der Waals surface area contributed by atoms with Crippen molar-refractivity contribution in [2.45, 2.75) is 29.8 Å². The molecule has 3 aromatic heterocycles. The number of halogens is 2. The number of rotatable bonds is 8. The van der Waals surface area contributed by atoms with Gasteiger partial charge in [-0.1, -0.05) is 51.1 Å². The molecule has 1 aliphatic heterocycles. The van der Waals surface area contributed by atoms with E-state index in [-0.39, 0.29) is 22.9 Å². The molecule has 4 heterocycles. The van der Waals surface area contributed by atoms with Gasteiger partial charge in [0.2, 0.25) is 0 Å². The SMILES string of the molecule is Cn1ccnc1SCc1c(C(=O)Nc2ccc(F)c(-c3cn(C4CCCN(c5ccc(Br)cc5)C4=O)nn3)c2)oc2ccccc12. The number of fused-ring (bicyclic) bond motifs is 1. The van der Waals surface area contributed by atoms with Crippen LogP contribution in [-0.2, 0) is 17.6 Å². The molecule has 10 nitrogen and oxygen atoms in total. The van der Waals surface area contributed by atoms with E-state index in [0.29, 0.717) is 30.0 Å². The number of thioether (sulfide) groups is 1. The van der Waals surface area contributed by atoms with Gasteiger partial charge in [0.25, 0.3) is 11.8 Å². The fourth-order valence-electron chi connectivity index (χ4n) is 5.57. The van der Waals surface area contributed by atoms with E-state index in [1.165, 1.54) is 34.6 Å². The predicted molar refractivity (Wildman–Crippen MR) is 177 cm³/mol. The van der Waals surface area contributed by atoms with Gasteiger partial charge in [0.1, 0.15) is 23.1 Å². The summed E-state index contributed by atoms with van der Waals surface area (Å²) in [6, 6.07) is 18.7. The molecule has 232 valence electrons. The number of anilines is 2. The quantitative estimate of drug-likeness (QED) is 0.167. The lowest BCUT2D eigenvalue weighted by Crippen LogP contribution is -2.42. The van der Waals surface area contributed by atoms with Crippen molar-refractivity contribution in [3.8, 4) is 11.3 Å². The summed E-state index contributed by atoms with van der Waals surface area (Å²) < 4.78 is 25.5. The van der Waals surface area contributed by atoms with Gasteiger partial charge in [0.05, 0.1) is 6.20 Å². The summed E-state index contributed by atoms with van der Waals surface area (Å²) in [6.07, 6.45) is 6.52. The first-order chi connectivity index (χ1) is 22.4. The largest absolute Gasteiger partial charge is 0.451 e. The number of amides is 2. The standard InChI is InChI=1S/C33H27BrFN7O3S/c1-40-16-14-36-33(40)46-19-25-23-5-2-3-7-29(23)45-30(25)31(43)37-21-10-13-26(35)24(17-21)27-18-42(39-38-27)28-6-4-15-41(32(28)44)22-11-8-20(34)9-12-22/h2-3,5,7-14,16-18,28H,4,6,15,19H2,1H3,(H,37,43). The van der Waals surface area contributed by atoms with Crippen LogP contribution >= 0.6 is 27.7 Å².